The van der Waals surface area contributed by atoms with Crippen molar-refractivity contribution < 1.29 is 28.7 Å². The number of ether oxygens (including phenoxy) is 2. The molecule has 2 aliphatic heterocycles. The van der Waals surface area contributed by atoms with Gasteiger partial charge < -0.3 is 39.9 Å². The molecule has 2 aliphatic rings. The van der Waals surface area contributed by atoms with Gasteiger partial charge in [0.05, 0.1) is 58.8 Å². The van der Waals surface area contributed by atoms with Crippen LogP contribution >= 0.6 is 22.7 Å². The van der Waals surface area contributed by atoms with Gasteiger partial charge in [0.15, 0.2) is 0 Å². The van der Waals surface area contributed by atoms with E-state index in [2.05, 4.69) is 81.3 Å². The lowest BCUT2D eigenvalue weighted by atomic mass is 10.00. The molecule has 6 aromatic rings. The number of methoxy groups -OCH3 is 2. The zero-order chi connectivity index (χ0) is 45.1. The van der Waals surface area contributed by atoms with Crippen molar-refractivity contribution in [1.29, 1.82) is 0 Å². The quantitative estimate of drug-likeness (QED) is 0.0886. The van der Waals surface area contributed by atoms with Crippen LogP contribution in [0.3, 0.4) is 0 Å². The average Bonchev–Trinajstić information content (AvgIpc) is 4.15. The van der Waals surface area contributed by atoms with E-state index in [1.54, 1.807) is 22.7 Å². The molecular weight excluding hydrogens is 849 g/mol. The summed E-state index contributed by atoms with van der Waals surface area (Å²) in [5.41, 5.74) is 7.38. The van der Waals surface area contributed by atoms with Gasteiger partial charge in [-0.1, -0.05) is 88.4 Å². The van der Waals surface area contributed by atoms with E-state index in [1.807, 2.05) is 60.4 Å². The Bertz CT molecular complexity index is 2390. The Labute approximate surface area is 380 Å². The standard InChI is InChI=1S/C48H54N8O6S2/c1-27(2)37(53-47(59)61-5)45(57)55-23-7-11-33(55)43-49-39(41(51-43)35-13-9-25-63-35)31-19-15-29(16-20-31)30-17-21-32(22-18-30)40-42(36-14-10-26-64-36)52-44(50-40)34-12-8-24-56(34)46(58)38(28(3)4)54-48(60)62-6/h9-10,13-22,25-28,33-34,37-38H,7-8,11-12,23-24H2,1-6H3,(H,49,51)(H,50,52)(H,53,59)(H,54,60)/t33-,34-,37-,38-/m0/s1. The molecule has 16 heteroatoms. The molecule has 2 fully saturated rings. The van der Waals surface area contributed by atoms with Crippen molar-refractivity contribution in [2.75, 3.05) is 27.3 Å². The predicted octanol–water partition coefficient (Wildman–Crippen LogP) is 9.68. The van der Waals surface area contributed by atoms with E-state index in [1.165, 1.54) is 14.2 Å². The van der Waals surface area contributed by atoms with Crippen LogP contribution < -0.4 is 10.6 Å². The second-order valence-electron chi connectivity index (χ2n) is 16.9. The lowest BCUT2D eigenvalue weighted by molar-refractivity contribution is -0.136. The molecule has 0 radical (unpaired) electrons. The number of hydrogen-bond acceptors (Lipinski definition) is 10. The number of hydrogen-bond donors (Lipinski definition) is 4. The monoisotopic (exact) mass is 902 g/mol. The third kappa shape index (κ3) is 9.06. The Hall–Kier alpha value is -6.26. The van der Waals surface area contributed by atoms with Crippen LogP contribution in [0.15, 0.2) is 83.6 Å². The minimum absolute atomic E-state index is 0.132. The van der Waals surface area contributed by atoms with Gasteiger partial charge in [0, 0.05) is 24.2 Å². The molecule has 0 spiro atoms. The first kappa shape index (κ1) is 44.4. The van der Waals surface area contributed by atoms with Gasteiger partial charge in [-0.15, -0.1) is 22.7 Å². The third-order valence-corrected chi connectivity index (χ3v) is 13.9. The highest BCUT2D eigenvalue weighted by Gasteiger charge is 2.40. The molecule has 0 bridgehead atoms. The highest BCUT2D eigenvalue weighted by atomic mass is 32.1. The van der Waals surface area contributed by atoms with Crippen LogP contribution in [0.2, 0.25) is 0 Å². The molecule has 4 aromatic heterocycles. The maximum atomic E-state index is 13.9. The first-order chi connectivity index (χ1) is 30.9. The van der Waals surface area contributed by atoms with Crippen molar-refractivity contribution in [3.05, 3.63) is 95.2 Å². The summed E-state index contributed by atoms with van der Waals surface area (Å²) < 4.78 is 9.65. The van der Waals surface area contributed by atoms with E-state index < -0.39 is 24.3 Å². The first-order valence-corrected chi connectivity index (χ1v) is 23.5. The number of nitrogens with one attached hydrogen (secondary N) is 4. The molecule has 64 heavy (non-hydrogen) atoms. The van der Waals surface area contributed by atoms with Crippen molar-refractivity contribution in [2.24, 2.45) is 11.8 Å². The molecule has 6 heterocycles. The van der Waals surface area contributed by atoms with Gasteiger partial charge in [0.25, 0.3) is 0 Å². The largest absolute Gasteiger partial charge is 0.453 e. The fraction of sp³-hybridized carbons (Fsp3) is 0.375. The normalized spacial score (nSPS) is 17.2. The van der Waals surface area contributed by atoms with E-state index in [0.29, 0.717) is 13.1 Å². The second-order valence-corrected chi connectivity index (χ2v) is 18.8. The van der Waals surface area contributed by atoms with E-state index in [4.69, 9.17) is 19.4 Å². The van der Waals surface area contributed by atoms with Crippen molar-refractivity contribution in [2.45, 2.75) is 77.5 Å². The van der Waals surface area contributed by atoms with Crippen LogP contribution in [-0.4, -0.2) is 93.1 Å². The molecule has 2 saturated heterocycles. The summed E-state index contributed by atoms with van der Waals surface area (Å²) in [6, 6.07) is 22.9. The number of thiophene rings is 2. The van der Waals surface area contributed by atoms with Gasteiger partial charge >= 0.3 is 12.2 Å². The number of alkyl carbamates (subject to hydrolysis) is 2. The maximum Gasteiger partial charge on any atom is 0.407 e. The van der Waals surface area contributed by atoms with Gasteiger partial charge in [-0.05, 0) is 71.5 Å². The average molecular weight is 903 g/mol. The molecule has 2 aromatic carbocycles. The van der Waals surface area contributed by atoms with Crippen molar-refractivity contribution in [1.82, 2.24) is 40.4 Å². The number of benzene rings is 2. The van der Waals surface area contributed by atoms with Crippen LogP contribution in [0.25, 0.3) is 54.8 Å². The molecule has 334 valence electrons. The van der Waals surface area contributed by atoms with Gasteiger partial charge in [0.2, 0.25) is 11.8 Å². The molecular formula is C48H54N8O6S2. The molecule has 14 nitrogen and oxygen atoms in total. The summed E-state index contributed by atoms with van der Waals surface area (Å²) in [6.07, 6.45) is 1.89. The fourth-order valence-electron chi connectivity index (χ4n) is 8.74. The summed E-state index contributed by atoms with van der Waals surface area (Å²) in [5, 5.41) is 9.55. The summed E-state index contributed by atoms with van der Waals surface area (Å²) >= 11 is 3.25. The molecule has 0 saturated carbocycles. The Morgan fingerprint density at radius 1 is 0.609 bits per heavy atom. The SMILES string of the molecule is COC(=O)N[C@H](C(=O)N1CCC[C@H]1c1nc(-c2ccc(-c3ccc(-c4nc([C@@H]5CCCN5C(=O)[C@@H](NC(=O)OC)C(C)C)[nH]c4-c4cccs4)cc3)cc2)c(-c2cccs2)[nH]1)C(C)C. The van der Waals surface area contributed by atoms with Crippen LogP contribution in [0, 0.1) is 11.8 Å². The number of H-pyrrole nitrogens is 2. The fourth-order valence-corrected chi connectivity index (χ4v) is 10.2. The number of carbonyl (C=O) groups is 4. The lowest BCUT2D eigenvalue weighted by Crippen LogP contribution is -2.51. The second kappa shape index (κ2) is 19.2. The van der Waals surface area contributed by atoms with Crippen molar-refractivity contribution >= 4 is 46.7 Å². The molecule has 4 N–H and O–H groups in total. The van der Waals surface area contributed by atoms with Crippen LogP contribution in [0.4, 0.5) is 9.59 Å². The number of aromatic amines is 2. The molecule has 8 rings (SSSR count). The minimum atomic E-state index is -0.720. The van der Waals surface area contributed by atoms with Crippen LogP contribution in [0.5, 0.6) is 0 Å². The lowest BCUT2D eigenvalue weighted by Gasteiger charge is -2.30. The van der Waals surface area contributed by atoms with Crippen LogP contribution in [-0.2, 0) is 19.1 Å². The van der Waals surface area contributed by atoms with Crippen LogP contribution in [0.1, 0.15) is 77.1 Å². The maximum absolute atomic E-state index is 13.9. The summed E-state index contributed by atoms with van der Waals surface area (Å²) in [5.74, 6) is 0.873. The van der Waals surface area contributed by atoms with Gasteiger partial charge in [-0.2, -0.15) is 0 Å². The zero-order valence-corrected chi connectivity index (χ0v) is 38.5. The van der Waals surface area contributed by atoms with E-state index in [9.17, 15) is 19.2 Å². The van der Waals surface area contributed by atoms with Gasteiger partial charge in [-0.3, -0.25) is 9.59 Å². The predicted molar refractivity (Wildman–Crippen MR) is 249 cm³/mol. The van der Waals surface area contributed by atoms with E-state index >= 15 is 0 Å². The highest BCUT2D eigenvalue weighted by molar-refractivity contribution is 7.13. The number of carbonyl (C=O) groups excluding carboxylic acids is 4. The third-order valence-electron chi connectivity index (χ3n) is 12.1. The highest BCUT2D eigenvalue weighted by Crippen LogP contribution is 2.41. The number of rotatable bonds is 13. The molecule has 4 atom stereocenters. The Balaban J connectivity index is 1.05. The van der Waals surface area contributed by atoms with E-state index in [0.717, 1.165) is 92.1 Å². The Kier molecular flexibility index (Phi) is 13.3. The zero-order valence-electron chi connectivity index (χ0n) is 36.8. The van der Waals surface area contributed by atoms with E-state index in [-0.39, 0.29) is 35.7 Å². The smallest absolute Gasteiger partial charge is 0.407 e. The summed E-state index contributed by atoms with van der Waals surface area (Å²) in [7, 11) is 2.59. The number of likely N-dealkylation sites (tertiary alicyclic amines) is 2. The first-order valence-electron chi connectivity index (χ1n) is 21.7. The van der Waals surface area contributed by atoms with Crippen molar-refractivity contribution in [3.8, 4) is 54.8 Å². The minimum Gasteiger partial charge on any atom is -0.453 e. The summed E-state index contributed by atoms with van der Waals surface area (Å²) in [4.78, 5) is 75.4. The Morgan fingerprint density at radius 3 is 1.31 bits per heavy atom. The summed E-state index contributed by atoms with van der Waals surface area (Å²) in [6.45, 7) is 8.78. The van der Waals surface area contributed by atoms with Gasteiger partial charge in [-0.25, -0.2) is 19.6 Å². The van der Waals surface area contributed by atoms with Gasteiger partial charge in [0.1, 0.15) is 23.7 Å². The molecule has 4 amide bonds. The Morgan fingerprint density at radius 2 is 0.984 bits per heavy atom. The molecule has 0 unspecified atom stereocenters. The number of nitrogens with zero attached hydrogens (tertiary/aromatic N) is 4. The number of aromatic nitrogens is 4. The topological polar surface area (TPSA) is 175 Å². The number of amides is 4. The molecule has 0 aliphatic carbocycles. The van der Waals surface area contributed by atoms with Crippen molar-refractivity contribution in [3.63, 3.8) is 0 Å². The number of imidazole rings is 2.